The Kier molecular flexibility index (Phi) is 5.38. The van der Waals surface area contributed by atoms with E-state index in [4.69, 9.17) is 0 Å². The second kappa shape index (κ2) is 6.55. The van der Waals surface area contributed by atoms with Crippen LogP contribution in [0, 0.1) is 17.3 Å². The third-order valence-electron chi connectivity index (χ3n) is 5.82. The molecule has 0 radical (unpaired) electrons. The summed E-state index contributed by atoms with van der Waals surface area (Å²) in [6, 6.07) is 0. The Morgan fingerprint density at radius 3 is 2.52 bits per heavy atom. The van der Waals surface area contributed by atoms with Crippen molar-refractivity contribution in [1.29, 1.82) is 0 Å². The summed E-state index contributed by atoms with van der Waals surface area (Å²) in [7, 11) is 0. The minimum Gasteiger partial charge on any atom is -0.393 e. The molecule has 0 aromatic heterocycles. The van der Waals surface area contributed by atoms with Gasteiger partial charge in [0.1, 0.15) is 0 Å². The van der Waals surface area contributed by atoms with Gasteiger partial charge in [-0.3, -0.25) is 0 Å². The van der Waals surface area contributed by atoms with E-state index in [-0.39, 0.29) is 6.10 Å². The zero-order valence-electron chi connectivity index (χ0n) is 14.4. The number of likely N-dealkylation sites (tertiary alicyclic amines) is 1. The van der Waals surface area contributed by atoms with Crippen molar-refractivity contribution in [3.63, 3.8) is 0 Å². The highest BCUT2D eigenvalue weighted by Gasteiger charge is 2.36. The minimum absolute atomic E-state index is 0.132. The van der Waals surface area contributed by atoms with E-state index in [2.05, 4.69) is 25.7 Å². The van der Waals surface area contributed by atoms with Crippen LogP contribution in [0.2, 0.25) is 0 Å². The predicted molar refractivity (Wildman–Crippen MR) is 87.2 cm³/mol. The van der Waals surface area contributed by atoms with Gasteiger partial charge in [-0.25, -0.2) is 0 Å². The Bertz CT molecular complexity index is 335. The largest absolute Gasteiger partial charge is 0.393 e. The van der Waals surface area contributed by atoms with Crippen LogP contribution in [0.25, 0.3) is 0 Å². The summed E-state index contributed by atoms with van der Waals surface area (Å²) in [5.41, 5.74) is -0.144. The number of hydrogen-bond donors (Lipinski definition) is 2. The van der Waals surface area contributed by atoms with Gasteiger partial charge in [0, 0.05) is 13.1 Å². The lowest BCUT2D eigenvalue weighted by atomic mass is 9.68. The lowest BCUT2D eigenvalue weighted by molar-refractivity contribution is 0.00169. The molecule has 1 heterocycles. The van der Waals surface area contributed by atoms with E-state index in [1.165, 1.54) is 0 Å². The molecule has 4 unspecified atom stereocenters. The molecule has 2 fully saturated rings. The molecule has 1 saturated carbocycles. The van der Waals surface area contributed by atoms with Crippen LogP contribution in [0.3, 0.4) is 0 Å². The van der Waals surface area contributed by atoms with Crippen molar-refractivity contribution >= 4 is 0 Å². The van der Waals surface area contributed by atoms with Crippen LogP contribution in [-0.2, 0) is 0 Å². The van der Waals surface area contributed by atoms with Gasteiger partial charge in [0.25, 0.3) is 0 Å². The highest BCUT2D eigenvalue weighted by atomic mass is 16.3. The van der Waals surface area contributed by atoms with Gasteiger partial charge in [0.05, 0.1) is 11.7 Å². The maximum absolute atomic E-state index is 10.4. The van der Waals surface area contributed by atoms with Crippen molar-refractivity contribution in [2.75, 3.05) is 19.6 Å². The molecule has 3 heteroatoms. The molecule has 21 heavy (non-hydrogen) atoms. The quantitative estimate of drug-likeness (QED) is 0.823. The van der Waals surface area contributed by atoms with Crippen molar-refractivity contribution < 1.29 is 10.2 Å². The lowest BCUT2D eigenvalue weighted by Gasteiger charge is -2.41. The number of nitrogens with zero attached hydrogens (tertiary/aromatic N) is 1. The second-order valence-electron chi connectivity index (χ2n) is 8.85. The van der Waals surface area contributed by atoms with Crippen LogP contribution in [0.4, 0.5) is 0 Å². The Morgan fingerprint density at radius 2 is 1.86 bits per heavy atom. The summed E-state index contributed by atoms with van der Waals surface area (Å²) in [6.45, 7) is 12.0. The minimum atomic E-state index is -0.492. The first kappa shape index (κ1) is 17.2. The molecule has 1 saturated heterocycles. The summed E-state index contributed by atoms with van der Waals surface area (Å²) >= 11 is 0. The van der Waals surface area contributed by atoms with Crippen LogP contribution in [0.15, 0.2) is 0 Å². The van der Waals surface area contributed by atoms with Crippen LogP contribution < -0.4 is 0 Å². The van der Waals surface area contributed by atoms with Crippen LogP contribution >= 0.6 is 0 Å². The fraction of sp³-hybridized carbons (Fsp3) is 1.00. The summed E-state index contributed by atoms with van der Waals surface area (Å²) in [4.78, 5) is 2.47. The molecule has 3 nitrogen and oxygen atoms in total. The van der Waals surface area contributed by atoms with Crippen molar-refractivity contribution in [1.82, 2.24) is 4.90 Å². The van der Waals surface area contributed by atoms with Gasteiger partial charge < -0.3 is 15.1 Å². The summed E-state index contributed by atoms with van der Waals surface area (Å²) in [6.07, 6.45) is 5.97. The van der Waals surface area contributed by atoms with Gasteiger partial charge in [-0.05, 0) is 69.2 Å². The summed E-state index contributed by atoms with van der Waals surface area (Å²) in [5, 5.41) is 20.6. The fourth-order valence-corrected chi connectivity index (χ4v) is 4.06. The Labute approximate surface area is 130 Å². The molecule has 0 spiro atoms. The molecule has 4 atom stereocenters. The molecule has 2 aliphatic rings. The molecule has 0 amide bonds. The first-order valence-electron chi connectivity index (χ1n) is 8.80. The molecule has 0 bridgehead atoms. The molecule has 0 aromatic rings. The fourth-order valence-electron chi connectivity index (χ4n) is 4.06. The third-order valence-corrected chi connectivity index (χ3v) is 5.82. The second-order valence-corrected chi connectivity index (χ2v) is 8.85. The molecular weight excluding hydrogens is 262 g/mol. The molecule has 1 aliphatic heterocycles. The molecule has 2 rings (SSSR count). The van der Waals surface area contributed by atoms with Gasteiger partial charge in [-0.15, -0.1) is 0 Å². The van der Waals surface area contributed by atoms with Gasteiger partial charge >= 0.3 is 0 Å². The Balaban J connectivity index is 1.91. The third kappa shape index (κ3) is 4.94. The molecule has 0 aromatic carbocycles. The highest BCUT2D eigenvalue weighted by molar-refractivity contribution is 4.88. The van der Waals surface area contributed by atoms with Crippen molar-refractivity contribution in [2.45, 2.75) is 77.9 Å². The van der Waals surface area contributed by atoms with E-state index in [0.717, 1.165) is 64.1 Å². The monoisotopic (exact) mass is 297 g/mol. The number of rotatable bonds is 2. The average molecular weight is 297 g/mol. The highest BCUT2D eigenvalue weighted by Crippen LogP contribution is 2.40. The first-order chi connectivity index (χ1) is 9.67. The van der Waals surface area contributed by atoms with Gasteiger partial charge in [-0.2, -0.15) is 0 Å². The van der Waals surface area contributed by atoms with Crippen LogP contribution in [0.5, 0.6) is 0 Å². The van der Waals surface area contributed by atoms with E-state index >= 15 is 0 Å². The maximum atomic E-state index is 10.4. The molecule has 1 aliphatic carbocycles. The van der Waals surface area contributed by atoms with Crippen molar-refractivity contribution in [3.8, 4) is 0 Å². The average Bonchev–Trinajstić information content (AvgIpc) is 2.52. The van der Waals surface area contributed by atoms with Gasteiger partial charge in [0.2, 0.25) is 0 Å². The number of aliphatic hydroxyl groups is 2. The van der Waals surface area contributed by atoms with E-state index in [9.17, 15) is 10.2 Å². The normalized spacial score (nSPS) is 40.0. The first-order valence-corrected chi connectivity index (χ1v) is 8.80. The zero-order valence-corrected chi connectivity index (χ0v) is 14.4. The van der Waals surface area contributed by atoms with Gasteiger partial charge in [0.15, 0.2) is 0 Å². The van der Waals surface area contributed by atoms with Crippen molar-refractivity contribution in [3.05, 3.63) is 0 Å². The molecule has 124 valence electrons. The molecular formula is C18H35NO2. The SMILES string of the molecule is CC1(O)CCCN(CC2CC(C(C)(C)C)CCC2O)CC1. The van der Waals surface area contributed by atoms with E-state index < -0.39 is 5.60 Å². The van der Waals surface area contributed by atoms with Crippen LogP contribution in [0.1, 0.15) is 66.2 Å². The summed E-state index contributed by atoms with van der Waals surface area (Å²) in [5.74, 6) is 1.13. The summed E-state index contributed by atoms with van der Waals surface area (Å²) < 4.78 is 0. The topological polar surface area (TPSA) is 43.7 Å². The van der Waals surface area contributed by atoms with E-state index in [1.54, 1.807) is 0 Å². The van der Waals surface area contributed by atoms with Crippen LogP contribution in [-0.4, -0.2) is 46.5 Å². The Morgan fingerprint density at radius 1 is 1.14 bits per heavy atom. The van der Waals surface area contributed by atoms with E-state index in [1.807, 2.05) is 6.92 Å². The smallest absolute Gasteiger partial charge is 0.0632 e. The Hall–Kier alpha value is -0.120. The predicted octanol–water partition coefficient (Wildman–Crippen LogP) is 3.05. The van der Waals surface area contributed by atoms with Gasteiger partial charge in [-0.1, -0.05) is 20.8 Å². The lowest BCUT2D eigenvalue weighted by Crippen LogP contribution is -2.42. The number of aliphatic hydroxyl groups excluding tert-OH is 1. The number of hydrogen-bond acceptors (Lipinski definition) is 3. The molecule has 2 N–H and O–H groups in total. The standard InChI is InChI=1S/C18H35NO2/c1-17(2,3)15-6-7-16(20)14(12-15)13-19-10-5-8-18(4,21)9-11-19/h14-16,20-21H,5-13H2,1-4H3. The van der Waals surface area contributed by atoms with E-state index in [0.29, 0.717) is 11.3 Å². The zero-order chi connectivity index (χ0) is 15.7. The van der Waals surface area contributed by atoms with Crippen molar-refractivity contribution in [2.24, 2.45) is 17.3 Å². The maximum Gasteiger partial charge on any atom is 0.0632 e.